The van der Waals surface area contributed by atoms with Crippen LogP contribution in [0.1, 0.15) is 427 Å². The van der Waals surface area contributed by atoms with Crippen molar-refractivity contribution in [2.45, 2.75) is 445 Å². The standard InChI is InChI=1S/C81H158O17P2/c1-7-9-11-13-15-16-17-18-19-20-21-22-23-24-29-32-35-41-47-53-59-65-80(85)98-77(70-92-79(84)64-58-52-46-40-34-31-28-26-25-27-30-33-38-44-49-55-61-73(3)4)72-96-100(89,90)94-68-75(82)67-93-99(87,88)95-71-76(69-91-78(83)63-57-51-43-14-12-10-8-2)97-81(86)66-60-54-48-42-37-36-39-45-50-56-62-74(5)6/h73-77,82H,7-72H2,1-6H3,(H,87,88)(H,89,90)/t75-,76+,77+/m0/s1. The predicted molar refractivity (Wildman–Crippen MR) is 409 cm³/mol. The van der Waals surface area contributed by atoms with E-state index in [1.54, 1.807) is 0 Å². The van der Waals surface area contributed by atoms with Gasteiger partial charge in [-0.25, -0.2) is 9.13 Å². The lowest BCUT2D eigenvalue weighted by Gasteiger charge is -2.21. The maximum Gasteiger partial charge on any atom is 0.472 e. The number of carbonyl (C=O) groups excluding carboxylic acids is 4. The Bertz CT molecular complexity index is 1920. The molecule has 0 bridgehead atoms. The highest BCUT2D eigenvalue weighted by Gasteiger charge is 2.30. The van der Waals surface area contributed by atoms with Crippen molar-refractivity contribution >= 4 is 39.5 Å². The van der Waals surface area contributed by atoms with E-state index in [0.717, 1.165) is 115 Å². The lowest BCUT2D eigenvalue weighted by Crippen LogP contribution is -2.30. The average molecular weight is 1470 g/mol. The van der Waals surface area contributed by atoms with E-state index in [1.807, 2.05) is 0 Å². The van der Waals surface area contributed by atoms with Gasteiger partial charge in [-0.3, -0.25) is 37.3 Å². The fraction of sp³-hybridized carbons (Fsp3) is 0.951. The van der Waals surface area contributed by atoms with Crippen LogP contribution in [0.25, 0.3) is 0 Å². The highest BCUT2D eigenvalue weighted by atomic mass is 31.2. The number of phosphoric acid groups is 2. The molecule has 0 heterocycles. The Labute approximate surface area is 613 Å². The molecule has 0 aromatic rings. The number of aliphatic hydroxyl groups excluding tert-OH is 1. The van der Waals surface area contributed by atoms with E-state index in [-0.39, 0.29) is 25.7 Å². The number of ether oxygens (including phenoxy) is 4. The molecule has 17 nitrogen and oxygen atoms in total. The van der Waals surface area contributed by atoms with E-state index in [9.17, 15) is 43.2 Å². The van der Waals surface area contributed by atoms with Gasteiger partial charge in [0.05, 0.1) is 26.4 Å². The first-order valence-electron chi connectivity index (χ1n) is 42.0. The number of carbonyl (C=O) groups is 4. The summed E-state index contributed by atoms with van der Waals surface area (Å²) in [6, 6.07) is 0. The Balaban J connectivity index is 5.16. The zero-order chi connectivity index (χ0) is 73.5. The Morgan fingerprint density at radius 3 is 0.680 bits per heavy atom. The number of hydrogen-bond donors (Lipinski definition) is 3. The minimum atomic E-state index is -4.96. The molecule has 0 rings (SSSR count). The van der Waals surface area contributed by atoms with Gasteiger partial charge < -0.3 is 33.8 Å². The molecule has 5 atom stereocenters. The van der Waals surface area contributed by atoms with E-state index in [4.69, 9.17) is 37.0 Å². The van der Waals surface area contributed by atoms with Crippen LogP contribution in [0.15, 0.2) is 0 Å². The van der Waals surface area contributed by atoms with Crippen molar-refractivity contribution in [3.63, 3.8) is 0 Å². The fourth-order valence-electron chi connectivity index (χ4n) is 12.5. The lowest BCUT2D eigenvalue weighted by atomic mass is 10.0. The van der Waals surface area contributed by atoms with Crippen LogP contribution in [0.3, 0.4) is 0 Å². The monoisotopic (exact) mass is 1470 g/mol. The molecule has 0 amide bonds. The molecule has 594 valence electrons. The zero-order valence-electron chi connectivity index (χ0n) is 65.5. The smallest absolute Gasteiger partial charge is 0.462 e. The first-order chi connectivity index (χ1) is 48.4. The van der Waals surface area contributed by atoms with Crippen LogP contribution in [0.2, 0.25) is 0 Å². The van der Waals surface area contributed by atoms with Gasteiger partial charge in [0.15, 0.2) is 12.2 Å². The summed E-state index contributed by atoms with van der Waals surface area (Å²) in [7, 11) is -9.91. The van der Waals surface area contributed by atoms with Gasteiger partial charge in [-0.1, -0.05) is 375 Å². The van der Waals surface area contributed by atoms with Crippen molar-refractivity contribution in [3.8, 4) is 0 Å². The zero-order valence-corrected chi connectivity index (χ0v) is 67.3. The highest BCUT2D eigenvalue weighted by Crippen LogP contribution is 2.45. The summed E-state index contributed by atoms with van der Waals surface area (Å²) in [4.78, 5) is 72.8. The second-order valence-corrected chi connectivity index (χ2v) is 33.0. The Morgan fingerprint density at radius 1 is 0.270 bits per heavy atom. The van der Waals surface area contributed by atoms with Crippen LogP contribution in [0, 0.1) is 11.8 Å². The average Bonchev–Trinajstić information content (AvgIpc) is 0.918. The van der Waals surface area contributed by atoms with Crippen LogP contribution in [-0.4, -0.2) is 96.7 Å². The first-order valence-corrected chi connectivity index (χ1v) is 45.0. The molecule has 0 radical (unpaired) electrons. The minimum Gasteiger partial charge on any atom is -0.462 e. The van der Waals surface area contributed by atoms with Crippen molar-refractivity contribution in [2.24, 2.45) is 11.8 Å². The summed E-state index contributed by atoms with van der Waals surface area (Å²) < 4.78 is 68.6. The normalized spacial score (nSPS) is 13.9. The molecule has 0 aromatic heterocycles. The number of unbranched alkanes of at least 4 members (excludes halogenated alkanes) is 50. The lowest BCUT2D eigenvalue weighted by molar-refractivity contribution is -0.161. The second-order valence-electron chi connectivity index (χ2n) is 30.1. The quantitative estimate of drug-likeness (QED) is 0.0222. The van der Waals surface area contributed by atoms with E-state index >= 15 is 0 Å². The molecule has 19 heteroatoms. The molecular formula is C81H158O17P2. The molecule has 0 saturated heterocycles. The third kappa shape index (κ3) is 74.3. The molecule has 0 spiro atoms. The maximum atomic E-state index is 13.1. The Kier molecular flexibility index (Phi) is 71.2. The van der Waals surface area contributed by atoms with Crippen molar-refractivity contribution in [2.75, 3.05) is 39.6 Å². The van der Waals surface area contributed by atoms with Gasteiger partial charge in [0.1, 0.15) is 19.3 Å². The Morgan fingerprint density at radius 2 is 0.460 bits per heavy atom. The molecule has 0 aromatic carbocycles. The number of aliphatic hydroxyl groups is 1. The van der Waals surface area contributed by atoms with E-state index in [1.165, 1.54) is 231 Å². The summed E-state index contributed by atoms with van der Waals surface area (Å²) in [6.45, 7) is 9.61. The summed E-state index contributed by atoms with van der Waals surface area (Å²) in [5.41, 5.74) is 0. The molecule has 0 fully saturated rings. The third-order valence-electron chi connectivity index (χ3n) is 19.0. The molecular weight excluding hydrogens is 1310 g/mol. The van der Waals surface area contributed by atoms with Crippen LogP contribution >= 0.6 is 15.6 Å². The van der Waals surface area contributed by atoms with Crippen molar-refractivity contribution < 1.29 is 80.2 Å². The fourth-order valence-corrected chi connectivity index (χ4v) is 14.1. The van der Waals surface area contributed by atoms with Gasteiger partial charge in [0.2, 0.25) is 0 Å². The largest absolute Gasteiger partial charge is 0.472 e. The van der Waals surface area contributed by atoms with Gasteiger partial charge in [-0.05, 0) is 37.5 Å². The minimum absolute atomic E-state index is 0.106. The number of phosphoric ester groups is 2. The molecule has 2 unspecified atom stereocenters. The second kappa shape index (κ2) is 72.6. The summed E-state index contributed by atoms with van der Waals surface area (Å²) in [5.74, 6) is -0.550. The third-order valence-corrected chi connectivity index (χ3v) is 20.9. The first kappa shape index (κ1) is 98.1. The van der Waals surface area contributed by atoms with Gasteiger partial charge in [0.25, 0.3) is 0 Å². The van der Waals surface area contributed by atoms with Gasteiger partial charge in [-0.15, -0.1) is 0 Å². The molecule has 3 N–H and O–H groups in total. The number of hydrogen-bond acceptors (Lipinski definition) is 15. The van der Waals surface area contributed by atoms with Crippen LogP contribution in [0.4, 0.5) is 0 Å². The van der Waals surface area contributed by atoms with Crippen LogP contribution < -0.4 is 0 Å². The van der Waals surface area contributed by atoms with Crippen LogP contribution in [0.5, 0.6) is 0 Å². The van der Waals surface area contributed by atoms with Crippen molar-refractivity contribution in [1.29, 1.82) is 0 Å². The van der Waals surface area contributed by atoms with E-state index in [2.05, 4.69) is 41.5 Å². The van der Waals surface area contributed by atoms with E-state index < -0.39 is 97.5 Å². The summed E-state index contributed by atoms with van der Waals surface area (Å²) in [6.07, 6.45) is 62.8. The van der Waals surface area contributed by atoms with E-state index in [0.29, 0.717) is 25.7 Å². The number of rotatable bonds is 80. The SMILES string of the molecule is CCCCCCCCCCCCCCCCCCCCCCCC(=O)O[C@H](COC(=O)CCCCCCCCCCCCCCCCCCC(C)C)COP(=O)(O)OC[C@@H](O)COP(=O)(O)OC[C@@H](COC(=O)CCCCCCCCC)OC(=O)CCCCCCCCCCCCC(C)C. The molecule has 100 heavy (non-hydrogen) atoms. The maximum absolute atomic E-state index is 13.1. The molecule has 0 aliphatic rings. The van der Waals surface area contributed by atoms with Gasteiger partial charge in [0, 0.05) is 25.7 Å². The summed E-state index contributed by atoms with van der Waals surface area (Å²) in [5, 5.41) is 10.6. The molecule has 0 saturated carbocycles. The molecule has 0 aliphatic heterocycles. The van der Waals surface area contributed by atoms with Crippen molar-refractivity contribution in [1.82, 2.24) is 0 Å². The summed E-state index contributed by atoms with van der Waals surface area (Å²) >= 11 is 0. The molecule has 0 aliphatic carbocycles. The Hall–Kier alpha value is -1.94. The van der Waals surface area contributed by atoms with Crippen molar-refractivity contribution in [3.05, 3.63) is 0 Å². The predicted octanol–water partition coefficient (Wildman–Crippen LogP) is 24.3. The van der Waals surface area contributed by atoms with Gasteiger partial charge in [-0.2, -0.15) is 0 Å². The van der Waals surface area contributed by atoms with Gasteiger partial charge >= 0.3 is 39.5 Å². The van der Waals surface area contributed by atoms with Crippen LogP contribution in [-0.2, 0) is 65.4 Å². The highest BCUT2D eigenvalue weighted by molar-refractivity contribution is 7.47. The topological polar surface area (TPSA) is 237 Å². The number of esters is 4.